The number of anilines is 1. The zero-order valence-corrected chi connectivity index (χ0v) is 14.3. The monoisotopic (exact) mass is 353 g/mol. The van der Waals surface area contributed by atoms with Crippen molar-refractivity contribution in [3.05, 3.63) is 59.7 Å². The molecule has 3 aromatic rings. The fourth-order valence-electron chi connectivity index (χ4n) is 3.19. The number of carbonyl (C=O) groups is 1. The number of hydrogen-bond donors (Lipinski definition) is 2. The quantitative estimate of drug-likeness (QED) is 0.725. The molecule has 0 aliphatic carbocycles. The number of imidazole rings is 1. The molecule has 134 valence electrons. The number of amides is 1. The van der Waals surface area contributed by atoms with Crippen molar-refractivity contribution >= 4 is 22.6 Å². The molecule has 2 aromatic carbocycles. The Morgan fingerprint density at radius 1 is 1.27 bits per heavy atom. The Morgan fingerprint density at radius 3 is 2.88 bits per heavy atom. The number of halogens is 1. The van der Waals surface area contributed by atoms with Crippen LogP contribution in [-0.2, 0) is 16.0 Å². The summed E-state index contributed by atoms with van der Waals surface area (Å²) in [5, 5.41) is 2.90. The van der Waals surface area contributed by atoms with Crippen molar-refractivity contribution < 1.29 is 13.9 Å². The number of fused-ring (bicyclic) bond motifs is 1. The van der Waals surface area contributed by atoms with Gasteiger partial charge in [0.05, 0.1) is 11.0 Å². The molecule has 2 N–H and O–H groups in total. The second kappa shape index (κ2) is 7.25. The largest absolute Gasteiger partial charge is 0.370 e. The Morgan fingerprint density at radius 2 is 2.12 bits per heavy atom. The molecule has 1 aliphatic heterocycles. The van der Waals surface area contributed by atoms with Crippen molar-refractivity contribution in [2.75, 3.05) is 11.9 Å². The van der Waals surface area contributed by atoms with E-state index < -0.39 is 0 Å². The second-order valence-electron chi connectivity index (χ2n) is 6.53. The van der Waals surface area contributed by atoms with E-state index in [1.165, 1.54) is 12.1 Å². The maximum absolute atomic E-state index is 12.9. The lowest BCUT2D eigenvalue weighted by Crippen LogP contribution is -2.12. The summed E-state index contributed by atoms with van der Waals surface area (Å²) in [7, 11) is 0. The van der Waals surface area contributed by atoms with E-state index in [-0.39, 0.29) is 17.8 Å². The van der Waals surface area contributed by atoms with Gasteiger partial charge in [-0.3, -0.25) is 4.79 Å². The van der Waals surface area contributed by atoms with Gasteiger partial charge in [-0.1, -0.05) is 12.1 Å². The molecule has 1 saturated heterocycles. The highest BCUT2D eigenvalue weighted by molar-refractivity contribution is 5.93. The Hall–Kier alpha value is -2.73. The summed E-state index contributed by atoms with van der Waals surface area (Å²) in [6.07, 6.45) is 2.98. The fraction of sp³-hybridized carbons (Fsp3) is 0.300. The van der Waals surface area contributed by atoms with Crippen molar-refractivity contribution in [3.8, 4) is 0 Å². The van der Waals surface area contributed by atoms with Gasteiger partial charge >= 0.3 is 0 Å². The van der Waals surface area contributed by atoms with Crippen LogP contribution in [0.5, 0.6) is 0 Å². The van der Waals surface area contributed by atoms with Gasteiger partial charge in [-0.25, -0.2) is 9.37 Å². The summed E-state index contributed by atoms with van der Waals surface area (Å²) in [5.74, 6) is 0.498. The first kappa shape index (κ1) is 16.7. The van der Waals surface area contributed by atoms with E-state index in [1.54, 1.807) is 12.1 Å². The number of nitrogens with zero attached hydrogens (tertiary/aromatic N) is 1. The van der Waals surface area contributed by atoms with Crippen molar-refractivity contribution in [1.82, 2.24) is 9.97 Å². The van der Waals surface area contributed by atoms with Crippen LogP contribution in [0.15, 0.2) is 42.5 Å². The molecule has 1 unspecified atom stereocenters. The molecule has 0 saturated carbocycles. The lowest BCUT2D eigenvalue weighted by Gasteiger charge is -2.05. The van der Waals surface area contributed by atoms with Gasteiger partial charge in [0.2, 0.25) is 5.91 Å². The third-order valence-corrected chi connectivity index (χ3v) is 4.57. The summed E-state index contributed by atoms with van der Waals surface area (Å²) in [5.41, 5.74) is 3.41. The number of hydrogen-bond acceptors (Lipinski definition) is 3. The van der Waals surface area contributed by atoms with Crippen LogP contribution < -0.4 is 5.32 Å². The standard InChI is InChI=1S/C20H20FN3O2/c21-14-6-3-13(4-7-14)5-10-19(25)22-15-8-9-16-17(12-15)24-20(23-16)18-2-1-11-26-18/h3-4,6-9,12,18H,1-2,5,10-11H2,(H,22,25)(H,23,24). The van der Waals surface area contributed by atoms with Gasteiger partial charge in [-0.2, -0.15) is 0 Å². The van der Waals surface area contributed by atoms with Crippen LogP contribution in [0, 0.1) is 5.82 Å². The van der Waals surface area contributed by atoms with Crippen molar-refractivity contribution in [3.63, 3.8) is 0 Å². The zero-order valence-electron chi connectivity index (χ0n) is 14.3. The zero-order chi connectivity index (χ0) is 17.9. The average Bonchev–Trinajstić information content (AvgIpc) is 3.30. The molecular formula is C20H20FN3O2. The first-order valence-corrected chi connectivity index (χ1v) is 8.83. The highest BCUT2D eigenvalue weighted by atomic mass is 19.1. The Kier molecular flexibility index (Phi) is 4.67. The smallest absolute Gasteiger partial charge is 0.224 e. The number of aromatic amines is 1. The molecule has 0 radical (unpaired) electrons. The molecule has 0 spiro atoms. The molecule has 2 heterocycles. The first-order chi connectivity index (χ1) is 12.7. The fourth-order valence-corrected chi connectivity index (χ4v) is 3.19. The van der Waals surface area contributed by atoms with Crippen molar-refractivity contribution in [2.24, 2.45) is 0 Å². The first-order valence-electron chi connectivity index (χ1n) is 8.83. The molecule has 1 amide bonds. The van der Waals surface area contributed by atoms with E-state index in [2.05, 4.69) is 15.3 Å². The number of nitrogens with one attached hydrogen (secondary N) is 2. The van der Waals surface area contributed by atoms with E-state index >= 15 is 0 Å². The van der Waals surface area contributed by atoms with Crippen LogP contribution >= 0.6 is 0 Å². The molecular weight excluding hydrogens is 333 g/mol. The Balaban J connectivity index is 1.39. The third kappa shape index (κ3) is 3.75. The number of carbonyl (C=O) groups excluding carboxylic acids is 1. The van der Waals surface area contributed by atoms with Gasteiger partial charge in [0.1, 0.15) is 17.7 Å². The topological polar surface area (TPSA) is 67.0 Å². The molecule has 1 fully saturated rings. The summed E-state index contributed by atoms with van der Waals surface area (Å²) < 4.78 is 18.6. The highest BCUT2D eigenvalue weighted by Crippen LogP contribution is 2.28. The van der Waals surface area contributed by atoms with E-state index in [0.29, 0.717) is 12.8 Å². The van der Waals surface area contributed by atoms with E-state index in [0.717, 1.165) is 47.6 Å². The molecule has 1 aromatic heterocycles. The molecule has 1 aliphatic rings. The molecule has 1 atom stereocenters. The van der Waals surface area contributed by atoms with Crippen molar-refractivity contribution in [1.29, 1.82) is 0 Å². The Labute approximate surface area is 150 Å². The van der Waals surface area contributed by atoms with Gasteiger partial charge in [0.25, 0.3) is 0 Å². The lowest BCUT2D eigenvalue weighted by molar-refractivity contribution is -0.116. The lowest BCUT2D eigenvalue weighted by atomic mass is 10.1. The number of ether oxygens (including phenoxy) is 1. The molecule has 6 heteroatoms. The maximum atomic E-state index is 12.9. The molecule has 26 heavy (non-hydrogen) atoms. The third-order valence-electron chi connectivity index (χ3n) is 4.57. The van der Waals surface area contributed by atoms with Crippen LogP contribution in [0.25, 0.3) is 11.0 Å². The summed E-state index contributed by atoms with van der Waals surface area (Å²) in [4.78, 5) is 20.0. The maximum Gasteiger partial charge on any atom is 0.224 e. The van der Waals surface area contributed by atoms with Gasteiger partial charge in [-0.05, 0) is 55.2 Å². The minimum atomic E-state index is -0.270. The van der Waals surface area contributed by atoms with Gasteiger partial charge in [0, 0.05) is 18.7 Å². The molecule has 5 nitrogen and oxygen atoms in total. The van der Waals surface area contributed by atoms with Crippen LogP contribution in [-0.4, -0.2) is 22.5 Å². The average molecular weight is 353 g/mol. The SMILES string of the molecule is O=C(CCc1ccc(F)cc1)Nc1ccc2nc(C3CCCO3)[nH]c2c1. The Bertz CT molecular complexity index is 914. The minimum Gasteiger partial charge on any atom is -0.370 e. The number of aromatic nitrogens is 2. The molecule has 0 bridgehead atoms. The normalized spacial score (nSPS) is 16.9. The van der Waals surface area contributed by atoms with Crippen LogP contribution in [0.3, 0.4) is 0 Å². The predicted molar refractivity (Wildman–Crippen MR) is 97.4 cm³/mol. The summed E-state index contributed by atoms with van der Waals surface area (Å²) in [6, 6.07) is 11.8. The second-order valence-corrected chi connectivity index (χ2v) is 6.53. The molecule has 4 rings (SSSR count). The van der Waals surface area contributed by atoms with E-state index in [4.69, 9.17) is 4.74 Å². The van der Waals surface area contributed by atoms with Crippen LogP contribution in [0.4, 0.5) is 10.1 Å². The summed E-state index contributed by atoms with van der Waals surface area (Å²) in [6.45, 7) is 0.775. The number of aryl methyl sites for hydroxylation is 1. The number of H-pyrrole nitrogens is 1. The van der Waals surface area contributed by atoms with Crippen LogP contribution in [0.1, 0.15) is 36.8 Å². The number of benzene rings is 2. The highest BCUT2D eigenvalue weighted by Gasteiger charge is 2.21. The van der Waals surface area contributed by atoms with E-state index in [9.17, 15) is 9.18 Å². The van der Waals surface area contributed by atoms with Crippen LogP contribution in [0.2, 0.25) is 0 Å². The minimum absolute atomic E-state index is 0.0381. The van der Waals surface area contributed by atoms with Crippen molar-refractivity contribution in [2.45, 2.75) is 31.8 Å². The predicted octanol–water partition coefficient (Wildman–Crippen LogP) is 4.12. The van der Waals surface area contributed by atoms with Gasteiger partial charge in [0.15, 0.2) is 0 Å². The number of rotatable bonds is 5. The van der Waals surface area contributed by atoms with Gasteiger partial charge < -0.3 is 15.0 Å². The summed E-state index contributed by atoms with van der Waals surface area (Å²) >= 11 is 0. The van der Waals surface area contributed by atoms with Gasteiger partial charge in [-0.15, -0.1) is 0 Å². The van der Waals surface area contributed by atoms with E-state index in [1.807, 2.05) is 18.2 Å².